The van der Waals surface area contributed by atoms with Crippen molar-refractivity contribution in [3.63, 3.8) is 0 Å². The number of nitrogens with zero attached hydrogens (tertiary/aromatic N) is 5. The van der Waals surface area contributed by atoms with Gasteiger partial charge in [-0.1, -0.05) is 6.07 Å². The maximum absolute atomic E-state index is 12.0. The molecule has 8 heteroatoms. The maximum Gasteiger partial charge on any atom is 0.226 e. The Morgan fingerprint density at radius 2 is 2.04 bits per heavy atom. The van der Waals surface area contributed by atoms with Crippen molar-refractivity contribution in [2.24, 2.45) is 0 Å². The Hall–Kier alpha value is -3.13. The minimum Gasteiger partial charge on any atom is -0.326 e. The SMILES string of the molecule is Cc1ccc2nc(-c3ccc(NC(=O)CCn4cnnn4)cc3)sc2c1. The highest BCUT2D eigenvalue weighted by molar-refractivity contribution is 7.21. The summed E-state index contributed by atoms with van der Waals surface area (Å²) in [7, 11) is 0. The molecule has 4 rings (SSSR count). The van der Waals surface area contributed by atoms with E-state index < -0.39 is 0 Å². The summed E-state index contributed by atoms with van der Waals surface area (Å²) < 4.78 is 2.71. The van der Waals surface area contributed by atoms with Gasteiger partial charge in [0.2, 0.25) is 5.91 Å². The van der Waals surface area contributed by atoms with Crippen molar-refractivity contribution in [2.45, 2.75) is 19.9 Å². The molecule has 7 nitrogen and oxygen atoms in total. The van der Waals surface area contributed by atoms with Gasteiger partial charge in [0.05, 0.1) is 16.8 Å². The maximum atomic E-state index is 12.0. The number of tetrazole rings is 1. The van der Waals surface area contributed by atoms with Crippen molar-refractivity contribution in [1.29, 1.82) is 0 Å². The number of carbonyl (C=O) groups is 1. The number of fused-ring (bicyclic) bond motifs is 1. The van der Waals surface area contributed by atoms with Gasteiger partial charge in [-0.15, -0.1) is 16.4 Å². The molecule has 0 aliphatic rings. The average molecular weight is 364 g/mol. The minimum atomic E-state index is -0.0799. The lowest BCUT2D eigenvalue weighted by molar-refractivity contribution is -0.116. The second kappa shape index (κ2) is 7.01. The van der Waals surface area contributed by atoms with Gasteiger partial charge in [0.15, 0.2) is 0 Å². The predicted molar refractivity (Wildman–Crippen MR) is 101 cm³/mol. The lowest BCUT2D eigenvalue weighted by Gasteiger charge is -2.05. The van der Waals surface area contributed by atoms with Crippen molar-refractivity contribution in [2.75, 3.05) is 5.32 Å². The molecule has 0 aliphatic heterocycles. The number of aryl methyl sites for hydroxylation is 2. The zero-order chi connectivity index (χ0) is 17.9. The van der Waals surface area contributed by atoms with Crippen molar-refractivity contribution in [3.05, 3.63) is 54.4 Å². The Morgan fingerprint density at radius 1 is 1.19 bits per heavy atom. The van der Waals surface area contributed by atoms with E-state index in [-0.39, 0.29) is 5.91 Å². The van der Waals surface area contributed by atoms with E-state index in [0.717, 1.165) is 21.8 Å². The normalized spacial score (nSPS) is 11.0. The van der Waals surface area contributed by atoms with Crippen molar-refractivity contribution >= 4 is 33.1 Å². The second-order valence-electron chi connectivity index (χ2n) is 5.94. The van der Waals surface area contributed by atoms with Crippen LogP contribution in [0.5, 0.6) is 0 Å². The van der Waals surface area contributed by atoms with Gasteiger partial charge in [0.1, 0.15) is 11.3 Å². The molecule has 1 N–H and O–H groups in total. The lowest BCUT2D eigenvalue weighted by Crippen LogP contribution is -2.14. The van der Waals surface area contributed by atoms with Gasteiger partial charge in [-0.05, 0) is 59.3 Å². The summed E-state index contributed by atoms with van der Waals surface area (Å²) in [6, 6.07) is 14.0. The number of carbonyl (C=O) groups excluding carboxylic acids is 1. The Balaban J connectivity index is 1.43. The largest absolute Gasteiger partial charge is 0.326 e. The van der Waals surface area contributed by atoms with Gasteiger partial charge >= 0.3 is 0 Å². The van der Waals surface area contributed by atoms with E-state index in [1.54, 1.807) is 11.3 Å². The van der Waals surface area contributed by atoms with E-state index in [9.17, 15) is 4.79 Å². The molecule has 0 atom stereocenters. The van der Waals surface area contributed by atoms with Crippen LogP contribution in [-0.4, -0.2) is 31.1 Å². The highest BCUT2D eigenvalue weighted by Gasteiger charge is 2.08. The Kier molecular flexibility index (Phi) is 4.40. The number of nitrogens with one attached hydrogen (secondary N) is 1. The first kappa shape index (κ1) is 16.3. The van der Waals surface area contributed by atoms with E-state index >= 15 is 0 Å². The third-order valence-electron chi connectivity index (χ3n) is 3.92. The van der Waals surface area contributed by atoms with Crippen LogP contribution in [-0.2, 0) is 11.3 Å². The van der Waals surface area contributed by atoms with E-state index in [0.29, 0.717) is 13.0 Å². The van der Waals surface area contributed by atoms with Crippen molar-refractivity contribution in [3.8, 4) is 10.6 Å². The topological polar surface area (TPSA) is 85.6 Å². The van der Waals surface area contributed by atoms with E-state index in [1.165, 1.54) is 21.3 Å². The van der Waals surface area contributed by atoms with Gasteiger partial charge in [-0.2, -0.15) is 0 Å². The monoisotopic (exact) mass is 364 g/mol. The molecule has 1 amide bonds. The molecule has 26 heavy (non-hydrogen) atoms. The Bertz CT molecular complexity index is 1040. The third kappa shape index (κ3) is 3.60. The molecule has 0 fully saturated rings. The molecule has 0 saturated carbocycles. The van der Waals surface area contributed by atoms with Crippen LogP contribution >= 0.6 is 11.3 Å². The standard InChI is InChI=1S/C18H16N6OS/c1-12-2-7-15-16(10-12)26-18(21-15)13-3-5-14(6-4-13)20-17(25)8-9-24-11-19-22-23-24/h2-7,10-11H,8-9H2,1H3,(H,20,25). The molecule has 4 aromatic rings. The van der Waals surface area contributed by atoms with Crippen molar-refractivity contribution < 1.29 is 4.79 Å². The predicted octanol–water partition coefficient (Wildman–Crippen LogP) is 3.29. The lowest BCUT2D eigenvalue weighted by atomic mass is 10.2. The molecule has 0 spiro atoms. The first-order chi connectivity index (χ1) is 12.7. The van der Waals surface area contributed by atoms with Crippen LogP contribution < -0.4 is 5.32 Å². The van der Waals surface area contributed by atoms with Crippen LogP contribution in [0.25, 0.3) is 20.8 Å². The van der Waals surface area contributed by atoms with Crippen LogP contribution in [0.3, 0.4) is 0 Å². The zero-order valence-corrected chi connectivity index (χ0v) is 14.9. The van der Waals surface area contributed by atoms with Crippen LogP contribution in [0.15, 0.2) is 48.8 Å². The molecule has 0 bridgehead atoms. The summed E-state index contributed by atoms with van der Waals surface area (Å²) in [5, 5.41) is 14.7. The second-order valence-corrected chi connectivity index (χ2v) is 6.97. The van der Waals surface area contributed by atoms with Crippen LogP contribution in [0.2, 0.25) is 0 Å². The van der Waals surface area contributed by atoms with E-state index in [2.05, 4.69) is 44.9 Å². The fourth-order valence-electron chi connectivity index (χ4n) is 2.57. The smallest absolute Gasteiger partial charge is 0.226 e. The third-order valence-corrected chi connectivity index (χ3v) is 4.99. The Labute approximate surface area is 153 Å². The fraction of sp³-hybridized carbons (Fsp3) is 0.167. The highest BCUT2D eigenvalue weighted by Crippen LogP contribution is 2.31. The van der Waals surface area contributed by atoms with Crippen LogP contribution in [0.1, 0.15) is 12.0 Å². The Morgan fingerprint density at radius 3 is 2.81 bits per heavy atom. The molecule has 2 aromatic heterocycles. The van der Waals surface area contributed by atoms with E-state index in [1.807, 2.05) is 30.3 Å². The fourth-order valence-corrected chi connectivity index (χ4v) is 3.64. The average Bonchev–Trinajstić information content (AvgIpc) is 3.29. The first-order valence-electron chi connectivity index (χ1n) is 8.16. The molecule has 0 saturated heterocycles. The van der Waals surface area contributed by atoms with Gasteiger partial charge in [-0.3, -0.25) is 4.79 Å². The molecule has 0 aliphatic carbocycles. The molecule has 0 unspecified atom stereocenters. The van der Waals surface area contributed by atoms with Crippen molar-refractivity contribution in [1.82, 2.24) is 25.2 Å². The van der Waals surface area contributed by atoms with Gasteiger partial charge < -0.3 is 5.32 Å². The van der Waals surface area contributed by atoms with Gasteiger partial charge in [0.25, 0.3) is 0 Å². The zero-order valence-electron chi connectivity index (χ0n) is 14.1. The summed E-state index contributed by atoms with van der Waals surface area (Å²) in [5.74, 6) is -0.0799. The summed E-state index contributed by atoms with van der Waals surface area (Å²) in [6.07, 6.45) is 1.80. The number of hydrogen-bond donors (Lipinski definition) is 1. The molecule has 2 heterocycles. The summed E-state index contributed by atoms with van der Waals surface area (Å²) in [6.45, 7) is 2.53. The molecule has 2 aromatic carbocycles. The van der Waals surface area contributed by atoms with Crippen LogP contribution in [0, 0.1) is 6.92 Å². The quantitative estimate of drug-likeness (QED) is 0.587. The van der Waals surface area contributed by atoms with E-state index in [4.69, 9.17) is 0 Å². The first-order valence-corrected chi connectivity index (χ1v) is 8.97. The number of hydrogen-bond acceptors (Lipinski definition) is 6. The van der Waals surface area contributed by atoms with Crippen LogP contribution in [0.4, 0.5) is 5.69 Å². The minimum absolute atomic E-state index is 0.0799. The number of benzene rings is 2. The number of amides is 1. The molecular formula is C18H16N6OS. The summed E-state index contributed by atoms with van der Waals surface area (Å²) in [5.41, 5.74) is 4.03. The molecule has 130 valence electrons. The molecule has 0 radical (unpaired) electrons. The number of anilines is 1. The molecular weight excluding hydrogens is 348 g/mol. The number of aromatic nitrogens is 5. The number of thiazole rings is 1. The van der Waals surface area contributed by atoms with Gasteiger partial charge in [-0.25, -0.2) is 9.67 Å². The summed E-state index contributed by atoms with van der Waals surface area (Å²) >= 11 is 1.67. The van der Waals surface area contributed by atoms with Gasteiger partial charge in [0, 0.05) is 17.7 Å². The highest BCUT2D eigenvalue weighted by atomic mass is 32.1. The number of rotatable bonds is 5. The summed E-state index contributed by atoms with van der Waals surface area (Å²) in [4.78, 5) is 16.7.